The highest BCUT2D eigenvalue weighted by Crippen LogP contribution is 2.13. The zero-order valence-electron chi connectivity index (χ0n) is 17.1. The lowest BCUT2D eigenvalue weighted by molar-refractivity contribution is -0.167. The Morgan fingerprint density at radius 1 is 0.706 bits per heavy atom. The van der Waals surface area contributed by atoms with Crippen LogP contribution >= 0.6 is 0 Å². The van der Waals surface area contributed by atoms with Crippen molar-refractivity contribution in [2.75, 3.05) is 61.9 Å². The molecule has 0 saturated carbocycles. The minimum Gasteiger partial charge on any atom is -0.319 e. The number of hydrogen-bond acceptors (Lipinski definition) is 4. The van der Waals surface area contributed by atoms with Crippen molar-refractivity contribution in [3.63, 3.8) is 0 Å². The standard InChI is InChI=1S/C2H2F4.C2H4F2O.C2H5F.CH2F2O.3CH2F2.CH3F.FHO3S/c3-1-2(4,5)6;3-1-5-2-4;1-2-3;2-1-4-3;3*2-1-3;1-2;1-5(2,3)4/h1H2;1-2H2;2H2,1H3;1H2;3*1H2;1H3;(H,2,3,4). The first-order chi connectivity index (χ1) is 15.5. The second kappa shape index (κ2) is 69.7. The maximum absolute atomic E-state index is 10.5. The number of halogens is 17. The molecule has 34 heavy (non-hydrogen) atoms. The van der Waals surface area contributed by atoms with Crippen LogP contribution in [-0.2, 0) is 20.2 Å². The lowest BCUT2D eigenvalue weighted by Gasteiger charge is -1.93. The molecule has 1 N–H and O–H groups in total. The molecule has 0 aliphatic carbocycles. The minimum absolute atomic E-state index is 0.250. The van der Waals surface area contributed by atoms with Crippen molar-refractivity contribution in [3.05, 3.63) is 0 Å². The van der Waals surface area contributed by atoms with Gasteiger partial charge in [0.25, 0.3) is 0 Å². The van der Waals surface area contributed by atoms with Gasteiger partial charge in [0.2, 0.25) is 27.6 Å². The van der Waals surface area contributed by atoms with E-state index in [1.807, 2.05) is 0 Å². The third-order valence-corrected chi connectivity index (χ3v) is 0.347. The molecule has 0 aromatic rings. The summed E-state index contributed by atoms with van der Waals surface area (Å²) in [6, 6.07) is 0. The van der Waals surface area contributed by atoms with Crippen LogP contribution in [0.3, 0.4) is 0 Å². The topological polar surface area (TPSA) is 72.8 Å². The molecule has 0 amide bonds. The quantitative estimate of drug-likeness (QED) is 0.215. The fraction of sp³-hybridized carbons (Fsp3) is 1.00. The van der Waals surface area contributed by atoms with E-state index in [9.17, 15) is 74.3 Å². The summed E-state index contributed by atoms with van der Waals surface area (Å²) in [5.41, 5.74) is 0. The lowest BCUT2D eigenvalue weighted by atomic mass is 10.8. The molecule has 0 rings (SSSR count). The van der Waals surface area contributed by atoms with Crippen LogP contribution in [-0.4, -0.2) is 81.0 Å². The molecule has 5 nitrogen and oxygen atoms in total. The van der Waals surface area contributed by atoms with E-state index in [1.54, 1.807) is 0 Å². The lowest BCUT2D eigenvalue weighted by Crippen LogP contribution is -2.08. The summed E-state index contributed by atoms with van der Waals surface area (Å²) < 4.78 is 198. The van der Waals surface area contributed by atoms with Crippen molar-refractivity contribution in [2.45, 2.75) is 13.1 Å². The van der Waals surface area contributed by atoms with Crippen LogP contribution in [0.1, 0.15) is 6.92 Å². The molecule has 0 unspecified atom stereocenters. The molecule has 0 aliphatic rings. The molecule has 222 valence electrons. The fourth-order valence-electron chi connectivity index (χ4n) is 0.0292. The van der Waals surface area contributed by atoms with E-state index >= 15 is 0 Å². The molecule has 0 atom stereocenters. The third-order valence-electron chi connectivity index (χ3n) is 0.347. The second-order valence-electron chi connectivity index (χ2n) is 2.37. The van der Waals surface area contributed by atoms with E-state index < -0.39 is 64.7 Å². The van der Waals surface area contributed by atoms with E-state index in [2.05, 4.69) is 9.68 Å². The highest BCUT2D eigenvalue weighted by Gasteiger charge is 2.26. The smallest absolute Gasteiger partial charge is 0.319 e. The summed E-state index contributed by atoms with van der Waals surface area (Å²) in [5, 5.41) is 0. The number of hydrogen-bond donors (Lipinski definition) is 1. The predicted octanol–water partition coefficient (Wildman–Crippen LogP) is 7.16. The molecule has 23 heteroatoms. The second-order valence-corrected chi connectivity index (χ2v) is 3.20. The maximum atomic E-state index is 10.5. The van der Waals surface area contributed by atoms with E-state index in [-0.39, 0.29) is 6.67 Å². The molecule has 0 fully saturated rings. The molecule has 0 aromatic heterocycles. The Kier molecular flexibility index (Phi) is 120. The van der Waals surface area contributed by atoms with Crippen molar-refractivity contribution >= 4 is 10.5 Å². The Labute approximate surface area is 183 Å². The van der Waals surface area contributed by atoms with Gasteiger partial charge in [-0.15, -0.1) is 0 Å². The van der Waals surface area contributed by atoms with Crippen molar-refractivity contribution < 1.29 is 96.9 Å². The van der Waals surface area contributed by atoms with Gasteiger partial charge in [0.05, 0.1) is 13.9 Å². The number of alkyl halides is 15. The summed E-state index contributed by atoms with van der Waals surface area (Å²) >= 11 is 0. The molecular formula is C11H23F17O5S. The normalized spacial score (nSPS) is 8.24. The van der Waals surface area contributed by atoms with E-state index in [0.29, 0.717) is 7.18 Å². The SMILES string of the molecule is CCF.CF.FCC(F)(F)F.FCF.FCF.FCF.FCOCF.FCOF.O=S(=O)(O)F. The van der Waals surface area contributed by atoms with Crippen LogP contribution in [0.25, 0.3) is 0 Å². The Bertz CT molecular complexity index is 305. The average Bonchev–Trinajstić information content (AvgIpc) is 2.71. The van der Waals surface area contributed by atoms with E-state index in [1.165, 1.54) is 6.92 Å². The Morgan fingerprint density at radius 3 is 0.824 bits per heavy atom. The molecule has 0 spiro atoms. The summed E-state index contributed by atoms with van der Waals surface area (Å²) in [7, 11) is -4.67. The minimum atomic E-state index is -5.17. The van der Waals surface area contributed by atoms with Crippen LogP contribution in [0.4, 0.5) is 74.3 Å². The molecule has 0 radical (unpaired) electrons. The first-order valence-corrected chi connectivity index (χ1v) is 7.98. The molecular weight excluding hydrogens is 567 g/mol. The van der Waals surface area contributed by atoms with Gasteiger partial charge in [0.15, 0.2) is 20.4 Å². The largest absolute Gasteiger partial charge is 0.435 e. The van der Waals surface area contributed by atoms with Crippen molar-refractivity contribution in [1.82, 2.24) is 0 Å². The first-order valence-electron chi connectivity index (χ1n) is 6.64. The molecule has 0 saturated heterocycles. The van der Waals surface area contributed by atoms with Crippen molar-refractivity contribution in [2.24, 2.45) is 0 Å². The average molecular weight is 590 g/mol. The predicted molar refractivity (Wildman–Crippen MR) is 85.8 cm³/mol. The summed E-state index contributed by atoms with van der Waals surface area (Å²) in [6.45, 7) is -9.68. The van der Waals surface area contributed by atoms with Crippen LogP contribution in [0.2, 0.25) is 0 Å². The summed E-state index contributed by atoms with van der Waals surface area (Å²) in [4.78, 5) is 2.38. The van der Waals surface area contributed by atoms with Gasteiger partial charge in [-0.3, -0.25) is 13.3 Å². The zero-order chi connectivity index (χ0) is 30.1. The van der Waals surface area contributed by atoms with Gasteiger partial charge in [-0.25, -0.2) is 43.9 Å². The van der Waals surface area contributed by atoms with Gasteiger partial charge in [0, 0.05) is 0 Å². The van der Waals surface area contributed by atoms with Crippen molar-refractivity contribution in [1.29, 1.82) is 0 Å². The Hall–Kier alpha value is -1.36. The van der Waals surface area contributed by atoms with Gasteiger partial charge < -0.3 is 4.74 Å². The van der Waals surface area contributed by atoms with Gasteiger partial charge in [-0.2, -0.15) is 26.5 Å². The number of rotatable bonds is 3. The van der Waals surface area contributed by atoms with Gasteiger partial charge in [-0.1, -0.05) is 3.89 Å². The van der Waals surface area contributed by atoms with E-state index in [0.717, 1.165) is 0 Å². The molecule has 0 aromatic carbocycles. The first kappa shape index (κ1) is 58.5. The van der Waals surface area contributed by atoms with Crippen LogP contribution in [0, 0.1) is 0 Å². The number of ether oxygens (including phenoxy) is 1. The van der Waals surface area contributed by atoms with Crippen LogP contribution in [0.5, 0.6) is 0 Å². The zero-order valence-corrected chi connectivity index (χ0v) is 17.9. The fourth-order valence-corrected chi connectivity index (χ4v) is 0.0292. The monoisotopic (exact) mass is 590 g/mol. The third kappa shape index (κ3) is 1250. The highest BCUT2D eigenvalue weighted by atomic mass is 32.3. The Morgan fingerprint density at radius 2 is 0.824 bits per heavy atom. The van der Waals surface area contributed by atoms with Crippen LogP contribution < -0.4 is 0 Å². The van der Waals surface area contributed by atoms with E-state index in [4.69, 9.17) is 13.0 Å². The Balaban J connectivity index is -0.0000000301. The maximum Gasteiger partial charge on any atom is 0.435 e. The summed E-state index contributed by atoms with van der Waals surface area (Å²) in [6.07, 6.45) is -4.62. The van der Waals surface area contributed by atoms with Gasteiger partial charge in [-0.05, 0) is 11.4 Å². The van der Waals surface area contributed by atoms with Crippen molar-refractivity contribution in [3.8, 4) is 0 Å². The highest BCUT2D eigenvalue weighted by molar-refractivity contribution is 7.80. The summed E-state index contributed by atoms with van der Waals surface area (Å²) in [5.74, 6) is 0. The molecule has 0 bridgehead atoms. The van der Waals surface area contributed by atoms with Crippen LogP contribution in [0.15, 0.2) is 0 Å². The van der Waals surface area contributed by atoms with Gasteiger partial charge >= 0.3 is 16.7 Å². The molecule has 0 aliphatic heterocycles. The molecule has 0 heterocycles. The van der Waals surface area contributed by atoms with Gasteiger partial charge in [0.1, 0.15) is 0 Å².